The monoisotopic (exact) mass is 294 g/mol. The number of carbonyl (C=O) groups excluding carboxylic acids is 1. The molecule has 118 valence electrons. The van der Waals surface area contributed by atoms with E-state index in [9.17, 15) is 9.59 Å². The molecule has 1 amide bonds. The van der Waals surface area contributed by atoms with E-state index in [2.05, 4.69) is 4.90 Å². The van der Waals surface area contributed by atoms with Crippen LogP contribution < -0.4 is 5.73 Å². The molecule has 0 aromatic rings. The first-order valence-corrected chi connectivity index (χ1v) is 8.34. The molecular weight excluding hydrogens is 268 g/mol. The third-order valence-electron chi connectivity index (χ3n) is 5.67. The highest BCUT2D eigenvalue weighted by molar-refractivity contribution is 5.80. The Labute approximate surface area is 125 Å². The Morgan fingerprint density at radius 2 is 1.57 bits per heavy atom. The van der Waals surface area contributed by atoms with Crippen molar-refractivity contribution in [2.75, 3.05) is 0 Å². The molecule has 2 atom stereocenters. The van der Waals surface area contributed by atoms with Crippen molar-refractivity contribution in [2.24, 2.45) is 17.6 Å². The molecule has 0 radical (unpaired) electrons. The summed E-state index contributed by atoms with van der Waals surface area (Å²) in [5.74, 6) is 0.0244. The van der Waals surface area contributed by atoms with Gasteiger partial charge in [-0.1, -0.05) is 0 Å². The summed E-state index contributed by atoms with van der Waals surface area (Å²) in [6.45, 7) is 0. The van der Waals surface area contributed by atoms with Gasteiger partial charge in [0.15, 0.2) is 0 Å². The fourth-order valence-electron chi connectivity index (χ4n) is 4.64. The minimum Gasteiger partial charge on any atom is -0.481 e. The quantitative estimate of drug-likeness (QED) is 0.830. The molecule has 5 heteroatoms. The summed E-state index contributed by atoms with van der Waals surface area (Å²) in [5, 5.41) is 8.97. The van der Waals surface area contributed by atoms with Gasteiger partial charge in [0.25, 0.3) is 0 Å². The number of aliphatic carboxylic acids is 1. The lowest BCUT2D eigenvalue weighted by Crippen LogP contribution is -2.50. The molecule has 2 saturated heterocycles. The summed E-state index contributed by atoms with van der Waals surface area (Å²) in [5.41, 5.74) is 5.93. The first-order chi connectivity index (χ1) is 10.0. The van der Waals surface area contributed by atoms with Crippen LogP contribution in [0.5, 0.6) is 0 Å². The second-order valence-electron chi connectivity index (χ2n) is 7.18. The molecule has 0 aromatic carbocycles. The van der Waals surface area contributed by atoms with Gasteiger partial charge in [-0.2, -0.15) is 0 Å². The van der Waals surface area contributed by atoms with Crippen molar-refractivity contribution < 1.29 is 14.7 Å². The number of carboxylic acids is 1. The Bertz CT molecular complexity index is 404. The number of carboxylic acid groups (broad SMARTS) is 1. The molecule has 3 aliphatic rings. The summed E-state index contributed by atoms with van der Waals surface area (Å²) < 4.78 is 0. The Morgan fingerprint density at radius 3 is 2.10 bits per heavy atom. The second kappa shape index (κ2) is 5.95. The first-order valence-electron chi connectivity index (χ1n) is 8.34. The number of rotatable bonds is 3. The molecule has 5 nitrogen and oxygen atoms in total. The zero-order chi connectivity index (χ0) is 15.0. The van der Waals surface area contributed by atoms with Crippen molar-refractivity contribution in [3.8, 4) is 0 Å². The zero-order valence-corrected chi connectivity index (χ0v) is 12.5. The summed E-state index contributed by atoms with van der Waals surface area (Å²) in [6.07, 6.45) is 7.89. The number of nitrogens with two attached hydrogens (primary N) is 1. The van der Waals surface area contributed by atoms with Crippen molar-refractivity contribution in [1.82, 2.24) is 4.90 Å². The molecule has 0 aromatic heterocycles. The highest BCUT2D eigenvalue weighted by Crippen LogP contribution is 2.41. The number of carbonyl (C=O) groups is 2. The standard InChI is InChI=1S/C16H26N2O3/c17-12-3-1-11(2-4-12)16(21)18-13-5-6-14(18)8-10(7-13)9-15(19)20/h10-14H,1-9,17H2,(H,19,20). The average molecular weight is 294 g/mol. The van der Waals surface area contributed by atoms with Gasteiger partial charge in [-0.05, 0) is 57.3 Å². The molecule has 21 heavy (non-hydrogen) atoms. The minimum absolute atomic E-state index is 0.156. The number of hydrogen-bond acceptors (Lipinski definition) is 3. The number of fused-ring (bicyclic) bond motifs is 2. The van der Waals surface area contributed by atoms with E-state index in [-0.39, 0.29) is 36.4 Å². The number of amides is 1. The molecule has 2 aliphatic heterocycles. The smallest absolute Gasteiger partial charge is 0.303 e. The van der Waals surface area contributed by atoms with Crippen molar-refractivity contribution in [3.63, 3.8) is 0 Å². The number of nitrogens with zero attached hydrogens (tertiary/aromatic N) is 1. The van der Waals surface area contributed by atoms with Gasteiger partial charge in [0, 0.05) is 30.5 Å². The van der Waals surface area contributed by atoms with Gasteiger partial charge in [-0.3, -0.25) is 9.59 Å². The Balaban J connectivity index is 1.62. The van der Waals surface area contributed by atoms with Gasteiger partial charge >= 0.3 is 5.97 Å². The highest BCUT2D eigenvalue weighted by Gasteiger charge is 2.45. The lowest BCUT2D eigenvalue weighted by Gasteiger charge is -2.41. The van der Waals surface area contributed by atoms with E-state index in [0.717, 1.165) is 51.4 Å². The SMILES string of the molecule is NC1CCC(C(=O)N2C3CCC2CC(CC(=O)O)C3)CC1. The van der Waals surface area contributed by atoms with Crippen LogP contribution in [0.15, 0.2) is 0 Å². The molecular formula is C16H26N2O3. The average Bonchev–Trinajstić information content (AvgIpc) is 2.70. The third kappa shape index (κ3) is 3.07. The van der Waals surface area contributed by atoms with E-state index in [1.54, 1.807) is 0 Å². The van der Waals surface area contributed by atoms with E-state index >= 15 is 0 Å². The van der Waals surface area contributed by atoms with Crippen molar-refractivity contribution >= 4 is 11.9 Å². The minimum atomic E-state index is -0.708. The van der Waals surface area contributed by atoms with Crippen LogP contribution in [0, 0.1) is 11.8 Å². The summed E-state index contributed by atoms with van der Waals surface area (Å²) in [7, 11) is 0. The van der Waals surface area contributed by atoms with Crippen molar-refractivity contribution in [1.29, 1.82) is 0 Å². The fraction of sp³-hybridized carbons (Fsp3) is 0.875. The molecule has 2 heterocycles. The fourth-order valence-corrected chi connectivity index (χ4v) is 4.64. The lowest BCUT2D eigenvalue weighted by atomic mass is 9.83. The van der Waals surface area contributed by atoms with Gasteiger partial charge in [-0.15, -0.1) is 0 Å². The van der Waals surface area contributed by atoms with Crippen LogP contribution in [0.3, 0.4) is 0 Å². The normalized spacial score (nSPS) is 39.3. The lowest BCUT2D eigenvalue weighted by molar-refractivity contribution is -0.143. The maximum atomic E-state index is 12.8. The largest absolute Gasteiger partial charge is 0.481 e. The Kier molecular flexibility index (Phi) is 4.20. The van der Waals surface area contributed by atoms with Gasteiger partial charge in [0.2, 0.25) is 5.91 Å². The van der Waals surface area contributed by atoms with E-state index in [1.165, 1.54) is 0 Å². The zero-order valence-electron chi connectivity index (χ0n) is 12.5. The van der Waals surface area contributed by atoms with Crippen LogP contribution in [0.2, 0.25) is 0 Å². The number of piperidine rings is 1. The molecule has 3 rings (SSSR count). The molecule has 1 aliphatic carbocycles. The molecule has 1 saturated carbocycles. The summed E-state index contributed by atoms with van der Waals surface area (Å²) in [6, 6.07) is 0.847. The Hall–Kier alpha value is -1.10. The second-order valence-corrected chi connectivity index (χ2v) is 7.18. The van der Waals surface area contributed by atoms with Gasteiger partial charge in [0.05, 0.1) is 0 Å². The van der Waals surface area contributed by atoms with E-state index in [0.29, 0.717) is 5.91 Å². The van der Waals surface area contributed by atoms with Gasteiger partial charge in [-0.25, -0.2) is 0 Å². The van der Waals surface area contributed by atoms with E-state index < -0.39 is 5.97 Å². The summed E-state index contributed by atoms with van der Waals surface area (Å²) in [4.78, 5) is 25.8. The van der Waals surface area contributed by atoms with Crippen LogP contribution in [-0.4, -0.2) is 40.0 Å². The van der Waals surface area contributed by atoms with Crippen LogP contribution >= 0.6 is 0 Å². The van der Waals surface area contributed by atoms with Crippen LogP contribution in [0.1, 0.15) is 57.8 Å². The van der Waals surface area contributed by atoms with Crippen molar-refractivity contribution in [2.45, 2.75) is 75.9 Å². The van der Waals surface area contributed by atoms with E-state index in [4.69, 9.17) is 10.8 Å². The third-order valence-corrected chi connectivity index (χ3v) is 5.67. The molecule has 2 unspecified atom stereocenters. The van der Waals surface area contributed by atoms with Crippen molar-refractivity contribution in [3.05, 3.63) is 0 Å². The van der Waals surface area contributed by atoms with Crippen LogP contribution in [0.4, 0.5) is 0 Å². The topological polar surface area (TPSA) is 83.6 Å². The van der Waals surface area contributed by atoms with Crippen LogP contribution in [-0.2, 0) is 9.59 Å². The predicted molar refractivity (Wildman–Crippen MR) is 78.6 cm³/mol. The maximum Gasteiger partial charge on any atom is 0.303 e. The van der Waals surface area contributed by atoms with Gasteiger partial charge in [0.1, 0.15) is 0 Å². The first kappa shape index (κ1) is 14.8. The number of hydrogen-bond donors (Lipinski definition) is 2. The molecule has 2 bridgehead atoms. The molecule has 3 N–H and O–H groups in total. The van der Waals surface area contributed by atoms with Crippen LogP contribution in [0.25, 0.3) is 0 Å². The predicted octanol–water partition coefficient (Wildman–Crippen LogP) is 1.75. The Morgan fingerprint density at radius 1 is 1.00 bits per heavy atom. The molecule has 0 spiro atoms. The highest BCUT2D eigenvalue weighted by atomic mass is 16.4. The maximum absolute atomic E-state index is 12.8. The van der Waals surface area contributed by atoms with Gasteiger partial charge < -0.3 is 15.7 Å². The summed E-state index contributed by atoms with van der Waals surface area (Å²) >= 11 is 0. The molecule has 3 fully saturated rings. The van der Waals surface area contributed by atoms with E-state index in [1.807, 2.05) is 0 Å².